The molecule has 2 atom stereocenters. The summed E-state index contributed by atoms with van der Waals surface area (Å²) in [7, 11) is 3.66. The Kier molecular flexibility index (Phi) is 49.4. The molecule has 0 bridgehead atoms. The Morgan fingerprint density at radius 3 is 1.07 bits per heavy atom. The molecule has 0 aliphatic rings. The second-order valence-electron chi connectivity index (χ2n) is 24.2. The van der Waals surface area contributed by atoms with E-state index in [2.05, 4.69) is 69.1 Å². The zero-order chi connectivity index (χ0) is 60.5. The number of hydrogen-bond acceptors (Lipinski definition) is 11. The molecule has 2 aromatic carbocycles. The van der Waals surface area contributed by atoms with Gasteiger partial charge in [0, 0.05) is 27.7 Å². The maximum atomic E-state index is 11.7. The molecule has 3 rings (SSSR count). The summed E-state index contributed by atoms with van der Waals surface area (Å²) in [6.07, 6.45) is 49.0. The average Bonchev–Trinajstić information content (AvgIpc) is 3.87. The van der Waals surface area contributed by atoms with Gasteiger partial charge >= 0.3 is 0 Å². The average molecular weight is 1250 g/mol. The van der Waals surface area contributed by atoms with E-state index in [1.165, 1.54) is 178 Å². The van der Waals surface area contributed by atoms with E-state index in [1.807, 2.05) is 72.2 Å². The normalized spacial score (nSPS) is 12.8. The fraction of sp³-hybridized carbons (Fsp3) is 0.750. The van der Waals surface area contributed by atoms with Crippen LogP contribution >= 0.6 is 15.6 Å². The van der Waals surface area contributed by atoms with E-state index in [-0.39, 0.29) is 43.5 Å². The molecule has 0 saturated carbocycles. The molecule has 0 spiro atoms. The van der Waals surface area contributed by atoms with Crippen molar-refractivity contribution in [1.82, 2.24) is 15.0 Å². The van der Waals surface area contributed by atoms with Crippen molar-refractivity contribution in [2.45, 2.75) is 232 Å². The van der Waals surface area contributed by atoms with Gasteiger partial charge < -0.3 is 36.8 Å². The van der Waals surface area contributed by atoms with Crippen LogP contribution in [0.5, 0.6) is 0 Å². The minimum Gasteiger partial charge on any atom is -0.756 e. The number of nitrogens with zero attached hydrogens (tertiary/aromatic N) is 8. The standard InChI is InChI=1S/C32H57N4O4P.C29H53N4O4P.C3H4.Cu/c1-30-29-35(34-33-30)32-24-22-31(23-25-32)21-19-17-15-13-11-9-7-5-6-8-10-12-14-16-18-20-27-39-41(37,38)40-28-26-36(2,3)4;1-33(2,3)25-27-37-38(34,35)36-26-19-17-15-13-11-9-7-5-4-6-8-10-12-14-16-18-20-28-21-23-29(24-22-28)31-32-30;1-3-2;/h22-25,29H,5-21,26-28H2,1-4H3;21-24H,4-20,25-27H2,1-3H3;1H,2H3;. The van der Waals surface area contributed by atoms with Crippen LogP contribution in [0, 0.1) is 19.3 Å². The van der Waals surface area contributed by atoms with Crippen LogP contribution in [0.25, 0.3) is 16.1 Å². The Labute approximate surface area is 515 Å². The predicted molar refractivity (Wildman–Crippen MR) is 336 cm³/mol. The van der Waals surface area contributed by atoms with Gasteiger partial charge in [0.05, 0.1) is 73.1 Å². The van der Waals surface area contributed by atoms with Crippen LogP contribution in [0.4, 0.5) is 5.69 Å². The smallest absolute Gasteiger partial charge is 0.268 e. The quantitative estimate of drug-likeness (QED) is 0.00766. The number of aryl methyl sites for hydroxylation is 3. The molecule has 16 nitrogen and oxygen atoms in total. The summed E-state index contributed by atoms with van der Waals surface area (Å²) in [6, 6.07) is 16.6. The third-order valence-corrected chi connectivity index (χ3v) is 16.1. The van der Waals surface area contributed by atoms with E-state index in [4.69, 9.17) is 23.6 Å². The first-order valence-electron chi connectivity index (χ1n) is 31.6. The minimum absolute atomic E-state index is 0. The molecular weight excluding hydrogens is 1130 g/mol. The summed E-state index contributed by atoms with van der Waals surface area (Å²) in [5, 5.41) is 11.8. The fourth-order valence-electron chi connectivity index (χ4n) is 9.16. The molecule has 1 radical (unpaired) electrons. The van der Waals surface area contributed by atoms with Crippen LogP contribution in [0.2, 0.25) is 0 Å². The van der Waals surface area contributed by atoms with Crippen LogP contribution < -0.4 is 9.79 Å². The molecule has 0 amide bonds. The van der Waals surface area contributed by atoms with Gasteiger partial charge in [0.2, 0.25) is 0 Å². The summed E-state index contributed by atoms with van der Waals surface area (Å²) < 4.78 is 46.4. The van der Waals surface area contributed by atoms with Gasteiger partial charge in [-0.15, -0.1) is 17.4 Å². The van der Waals surface area contributed by atoms with E-state index in [0.717, 1.165) is 62.7 Å². The Balaban J connectivity index is 0.00000153. The third-order valence-electron chi connectivity index (χ3n) is 14.1. The van der Waals surface area contributed by atoms with Gasteiger partial charge in [0.25, 0.3) is 15.6 Å². The van der Waals surface area contributed by atoms with Gasteiger partial charge in [-0.1, -0.05) is 227 Å². The number of phosphoric ester groups is 2. The maximum Gasteiger partial charge on any atom is 0.268 e. The van der Waals surface area contributed by atoms with Gasteiger partial charge in [0.15, 0.2) is 0 Å². The van der Waals surface area contributed by atoms with Gasteiger partial charge in [-0.25, -0.2) is 4.68 Å². The van der Waals surface area contributed by atoms with Crippen molar-refractivity contribution >= 4 is 21.3 Å². The molecule has 19 heteroatoms. The van der Waals surface area contributed by atoms with Crippen LogP contribution in [-0.4, -0.2) is 106 Å². The number of hydrogen-bond donors (Lipinski definition) is 0. The molecule has 83 heavy (non-hydrogen) atoms. The second-order valence-corrected chi connectivity index (χ2v) is 27.0. The number of unbranched alkanes of at least 4 members (excludes halogenated alkanes) is 30. The third kappa shape index (κ3) is 52.0. The van der Waals surface area contributed by atoms with E-state index in [0.29, 0.717) is 27.7 Å². The first-order valence-corrected chi connectivity index (χ1v) is 34.5. The van der Waals surface area contributed by atoms with Crippen LogP contribution in [0.15, 0.2) is 59.8 Å². The van der Waals surface area contributed by atoms with Gasteiger partial charge in [0.1, 0.15) is 26.3 Å². The number of phosphoric acid groups is 2. The van der Waals surface area contributed by atoms with Crippen LogP contribution in [0.3, 0.4) is 0 Å². The van der Waals surface area contributed by atoms with E-state index in [1.54, 1.807) is 6.92 Å². The summed E-state index contributed by atoms with van der Waals surface area (Å²) in [6.45, 7) is 5.63. The van der Waals surface area contributed by atoms with Gasteiger partial charge in [-0.3, -0.25) is 9.13 Å². The Morgan fingerprint density at radius 2 is 0.795 bits per heavy atom. The SMILES string of the molecule is C#CC.C[N+](C)(C)CCOP(=O)([O-])OCCCCCCCCCCCCCCCCCCc1ccc(N=[N+]=[N-])cc1.Cc1cn(-c2ccc(CCCCCCCCCCCCCCCCCCOP(=O)([O-])OCC[N+](C)(C)C)cc2)nn1.[Cu]. The van der Waals surface area contributed by atoms with Crippen molar-refractivity contribution in [1.29, 1.82) is 0 Å². The Hall–Kier alpha value is -2.89. The Bertz CT molecular complexity index is 2180. The van der Waals surface area contributed by atoms with Crippen molar-refractivity contribution in [2.75, 3.05) is 81.8 Å². The van der Waals surface area contributed by atoms with Gasteiger partial charge in [-0.2, -0.15) is 0 Å². The molecule has 0 aliphatic heterocycles. The molecule has 3 aromatic rings. The molecule has 0 fully saturated rings. The molecule has 0 aliphatic carbocycles. The molecule has 1 heterocycles. The predicted octanol–water partition coefficient (Wildman–Crippen LogP) is 16.8. The number of azide groups is 1. The molecular formula is C64H114CuN8O8P2. The number of likely N-dealkylation sites (N-methyl/N-ethyl adjacent to an activating group) is 2. The first-order chi connectivity index (χ1) is 39.3. The summed E-state index contributed by atoms with van der Waals surface area (Å²) in [4.78, 5) is 26.3. The second kappa shape index (κ2) is 51.2. The number of rotatable bonds is 50. The number of benzene rings is 2. The van der Waals surface area contributed by atoms with Crippen molar-refractivity contribution < 1.29 is 63.0 Å². The van der Waals surface area contributed by atoms with E-state index < -0.39 is 15.6 Å². The first kappa shape index (κ1) is 80.1. The van der Waals surface area contributed by atoms with Crippen LogP contribution in [0.1, 0.15) is 229 Å². The topological polar surface area (TPSA) is 197 Å². The number of aromatic nitrogens is 3. The van der Waals surface area contributed by atoms with Crippen molar-refractivity contribution in [2.24, 2.45) is 5.11 Å². The maximum absolute atomic E-state index is 11.7. The van der Waals surface area contributed by atoms with E-state index in [9.17, 15) is 18.9 Å². The minimum atomic E-state index is -4.15. The Morgan fingerprint density at radius 1 is 0.518 bits per heavy atom. The van der Waals surface area contributed by atoms with Gasteiger partial charge in [-0.05, 0) is 81.2 Å². The zero-order valence-corrected chi connectivity index (χ0v) is 55.8. The molecule has 479 valence electrons. The summed E-state index contributed by atoms with van der Waals surface area (Å²) in [5.41, 5.74) is 13.8. The van der Waals surface area contributed by atoms with Crippen LogP contribution in [-0.2, 0) is 57.1 Å². The van der Waals surface area contributed by atoms with E-state index >= 15 is 0 Å². The summed E-state index contributed by atoms with van der Waals surface area (Å²) >= 11 is 0. The molecule has 0 N–H and O–H groups in total. The summed E-state index contributed by atoms with van der Waals surface area (Å²) in [5.74, 6) is 2.25. The molecule has 1 aromatic heterocycles. The molecule has 0 saturated heterocycles. The number of terminal acetylenes is 1. The van der Waals surface area contributed by atoms with Crippen molar-refractivity contribution in [3.05, 3.63) is 82.0 Å². The van der Waals surface area contributed by atoms with Crippen molar-refractivity contribution in [3.8, 4) is 18.0 Å². The monoisotopic (exact) mass is 1250 g/mol. The zero-order valence-electron chi connectivity index (χ0n) is 53.1. The number of quaternary nitrogens is 2. The molecule has 2 unspecified atom stereocenters. The fourth-order valence-corrected chi connectivity index (χ4v) is 10.6. The van der Waals surface area contributed by atoms with Crippen molar-refractivity contribution in [3.63, 3.8) is 0 Å². The largest absolute Gasteiger partial charge is 0.756 e.